The summed E-state index contributed by atoms with van der Waals surface area (Å²) in [6.45, 7) is 3.49. The highest BCUT2D eigenvalue weighted by Gasteiger charge is 2.42. The number of aliphatic carboxylic acids is 1. The number of unbranched alkanes of at least 4 members (excludes halogenated alkanes) is 1. The van der Waals surface area contributed by atoms with Crippen LogP contribution in [0.15, 0.2) is 24.3 Å². The van der Waals surface area contributed by atoms with Crippen LogP contribution in [-0.2, 0) is 16.0 Å². The smallest absolute Gasteiger partial charge is 0.313 e. The zero-order chi connectivity index (χ0) is 14.4. The van der Waals surface area contributed by atoms with Crippen molar-refractivity contribution in [2.24, 2.45) is 5.41 Å². The first-order valence-corrected chi connectivity index (χ1v) is 7.20. The van der Waals surface area contributed by atoms with Crippen molar-refractivity contribution in [3.05, 3.63) is 29.8 Å². The van der Waals surface area contributed by atoms with Gasteiger partial charge in [-0.3, -0.25) is 4.79 Å². The molecular formula is C16H22O4. The molecule has 2 rings (SSSR count). The van der Waals surface area contributed by atoms with Crippen LogP contribution in [0, 0.1) is 5.41 Å². The van der Waals surface area contributed by atoms with Crippen LogP contribution in [0.4, 0.5) is 0 Å². The highest BCUT2D eigenvalue weighted by Crippen LogP contribution is 2.37. The number of carboxylic acids is 1. The van der Waals surface area contributed by atoms with E-state index in [1.54, 1.807) is 0 Å². The second kappa shape index (κ2) is 6.75. The fourth-order valence-electron chi connectivity index (χ4n) is 2.44. The van der Waals surface area contributed by atoms with Crippen LogP contribution in [0.25, 0.3) is 0 Å². The van der Waals surface area contributed by atoms with E-state index in [1.165, 1.54) is 0 Å². The molecule has 1 atom stereocenters. The summed E-state index contributed by atoms with van der Waals surface area (Å²) in [4.78, 5) is 11.7. The fraction of sp³-hybridized carbons (Fsp3) is 0.562. The van der Waals surface area contributed by atoms with E-state index < -0.39 is 11.4 Å². The van der Waals surface area contributed by atoms with Gasteiger partial charge in [-0.25, -0.2) is 0 Å². The standard InChI is InChI=1S/C16H22O4/c1-2-3-9-19-10-8-16(15(17)18)11-13-6-4-5-7-14(13)20-12-16/h4-7H,2-3,8-12H2,1H3,(H,17,18). The molecule has 1 aromatic carbocycles. The van der Waals surface area contributed by atoms with E-state index in [0.717, 1.165) is 24.2 Å². The van der Waals surface area contributed by atoms with Crippen LogP contribution >= 0.6 is 0 Å². The van der Waals surface area contributed by atoms with Crippen molar-refractivity contribution in [2.45, 2.75) is 32.6 Å². The van der Waals surface area contributed by atoms with E-state index in [2.05, 4.69) is 6.92 Å². The second-order valence-electron chi connectivity index (χ2n) is 5.37. The van der Waals surface area contributed by atoms with Gasteiger partial charge in [0.05, 0.1) is 0 Å². The lowest BCUT2D eigenvalue weighted by atomic mass is 9.78. The first-order valence-electron chi connectivity index (χ1n) is 7.20. The van der Waals surface area contributed by atoms with Gasteiger partial charge in [-0.2, -0.15) is 0 Å². The Morgan fingerprint density at radius 1 is 1.40 bits per heavy atom. The number of para-hydroxylation sites is 1. The van der Waals surface area contributed by atoms with Crippen LogP contribution in [0.2, 0.25) is 0 Å². The van der Waals surface area contributed by atoms with Crippen molar-refractivity contribution in [3.8, 4) is 5.75 Å². The van der Waals surface area contributed by atoms with Gasteiger partial charge in [0.2, 0.25) is 0 Å². The van der Waals surface area contributed by atoms with Gasteiger partial charge in [-0.15, -0.1) is 0 Å². The maximum Gasteiger partial charge on any atom is 0.313 e. The number of ether oxygens (including phenoxy) is 2. The van der Waals surface area contributed by atoms with Gasteiger partial charge >= 0.3 is 5.97 Å². The van der Waals surface area contributed by atoms with Gasteiger partial charge in [0.25, 0.3) is 0 Å². The molecule has 0 bridgehead atoms. The normalized spacial score (nSPS) is 21.1. The summed E-state index contributed by atoms with van der Waals surface area (Å²) in [6.07, 6.45) is 3.09. The molecular weight excluding hydrogens is 256 g/mol. The molecule has 0 aliphatic carbocycles. The van der Waals surface area contributed by atoms with Crippen LogP contribution in [-0.4, -0.2) is 30.9 Å². The number of fused-ring (bicyclic) bond motifs is 1. The molecule has 0 aromatic heterocycles. The number of rotatable bonds is 7. The maximum absolute atomic E-state index is 11.7. The molecule has 1 aliphatic rings. The second-order valence-corrected chi connectivity index (χ2v) is 5.37. The molecule has 0 amide bonds. The van der Waals surface area contributed by atoms with Gasteiger partial charge in [0, 0.05) is 13.2 Å². The SMILES string of the molecule is CCCCOCCC1(C(=O)O)COc2ccccc2C1. The average Bonchev–Trinajstić information content (AvgIpc) is 2.46. The molecule has 1 unspecified atom stereocenters. The summed E-state index contributed by atoms with van der Waals surface area (Å²) in [5, 5.41) is 9.58. The molecule has 0 fully saturated rings. The van der Waals surface area contributed by atoms with E-state index in [0.29, 0.717) is 26.1 Å². The topological polar surface area (TPSA) is 55.8 Å². The molecule has 0 radical (unpaired) electrons. The Labute approximate surface area is 119 Å². The number of carboxylic acid groups (broad SMARTS) is 1. The molecule has 1 aromatic rings. The van der Waals surface area contributed by atoms with Crippen molar-refractivity contribution < 1.29 is 19.4 Å². The third kappa shape index (κ3) is 3.31. The highest BCUT2D eigenvalue weighted by molar-refractivity contribution is 5.76. The van der Waals surface area contributed by atoms with Crippen LogP contribution in [0.5, 0.6) is 5.75 Å². The van der Waals surface area contributed by atoms with Crippen LogP contribution in [0.3, 0.4) is 0 Å². The van der Waals surface area contributed by atoms with Crippen LogP contribution in [0.1, 0.15) is 31.7 Å². The quantitative estimate of drug-likeness (QED) is 0.779. The highest BCUT2D eigenvalue weighted by atomic mass is 16.5. The van der Waals surface area contributed by atoms with Gasteiger partial charge in [0.1, 0.15) is 17.8 Å². The molecule has 4 heteroatoms. The van der Waals surface area contributed by atoms with Gasteiger partial charge in [0.15, 0.2) is 0 Å². The first-order chi connectivity index (χ1) is 9.68. The molecule has 4 nitrogen and oxygen atoms in total. The monoisotopic (exact) mass is 278 g/mol. The molecule has 1 aliphatic heterocycles. The predicted molar refractivity (Wildman–Crippen MR) is 76.1 cm³/mol. The largest absolute Gasteiger partial charge is 0.492 e. The Morgan fingerprint density at radius 2 is 2.20 bits per heavy atom. The minimum absolute atomic E-state index is 0.219. The molecule has 110 valence electrons. The molecule has 0 saturated carbocycles. The Bertz CT molecular complexity index is 458. The van der Waals surface area contributed by atoms with E-state index in [9.17, 15) is 9.90 Å². The Kier molecular flexibility index (Phi) is 5.01. The molecule has 1 heterocycles. The Hall–Kier alpha value is -1.55. The lowest BCUT2D eigenvalue weighted by molar-refractivity contribution is -0.153. The summed E-state index contributed by atoms with van der Waals surface area (Å²) < 4.78 is 11.2. The zero-order valence-electron chi connectivity index (χ0n) is 11.9. The average molecular weight is 278 g/mol. The molecule has 1 N–H and O–H groups in total. The fourth-order valence-corrected chi connectivity index (χ4v) is 2.44. The van der Waals surface area contributed by atoms with Gasteiger partial charge < -0.3 is 14.6 Å². The third-order valence-electron chi connectivity index (χ3n) is 3.83. The van der Waals surface area contributed by atoms with Crippen molar-refractivity contribution in [1.82, 2.24) is 0 Å². The van der Waals surface area contributed by atoms with E-state index in [-0.39, 0.29) is 6.61 Å². The molecule has 20 heavy (non-hydrogen) atoms. The van der Waals surface area contributed by atoms with E-state index in [4.69, 9.17) is 9.47 Å². The number of hydrogen-bond donors (Lipinski definition) is 1. The first kappa shape index (κ1) is 14.9. The summed E-state index contributed by atoms with van der Waals surface area (Å²) in [6, 6.07) is 7.64. The summed E-state index contributed by atoms with van der Waals surface area (Å²) >= 11 is 0. The third-order valence-corrected chi connectivity index (χ3v) is 3.83. The summed E-state index contributed by atoms with van der Waals surface area (Å²) in [5.74, 6) is 0.00220. The van der Waals surface area contributed by atoms with E-state index >= 15 is 0 Å². The van der Waals surface area contributed by atoms with Crippen molar-refractivity contribution in [3.63, 3.8) is 0 Å². The zero-order valence-corrected chi connectivity index (χ0v) is 11.9. The lowest BCUT2D eigenvalue weighted by Gasteiger charge is -2.34. The Morgan fingerprint density at radius 3 is 2.95 bits per heavy atom. The number of carbonyl (C=O) groups is 1. The van der Waals surface area contributed by atoms with Crippen molar-refractivity contribution >= 4 is 5.97 Å². The summed E-state index contributed by atoms with van der Waals surface area (Å²) in [7, 11) is 0. The van der Waals surface area contributed by atoms with E-state index in [1.807, 2.05) is 24.3 Å². The Balaban J connectivity index is 1.99. The van der Waals surface area contributed by atoms with Gasteiger partial charge in [-0.05, 0) is 30.9 Å². The molecule has 0 saturated heterocycles. The van der Waals surface area contributed by atoms with Crippen molar-refractivity contribution in [2.75, 3.05) is 19.8 Å². The summed E-state index contributed by atoms with van der Waals surface area (Å²) in [5.41, 5.74) is 0.107. The lowest BCUT2D eigenvalue weighted by Crippen LogP contribution is -2.42. The number of benzene rings is 1. The minimum Gasteiger partial charge on any atom is -0.492 e. The molecule has 0 spiro atoms. The minimum atomic E-state index is -0.861. The van der Waals surface area contributed by atoms with Crippen LogP contribution < -0.4 is 4.74 Å². The number of hydrogen-bond acceptors (Lipinski definition) is 3. The van der Waals surface area contributed by atoms with Crippen molar-refractivity contribution in [1.29, 1.82) is 0 Å². The maximum atomic E-state index is 11.7. The predicted octanol–water partition coefficient (Wildman–Crippen LogP) is 2.90. The van der Waals surface area contributed by atoms with Gasteiger partial charge in [-0.1, -0.05) is 31.5 Å².